The van der Waals surface area contributed by atoms with Gasteiger partial charge in [-0.05, 0) is 30.0 Å². The smallest absolute Gasteiger partial charge is 0.195 e. The van der Waals surface area contributed by atoms with Gasteiger partial charge in [0.15, 0.2) is 11.9 Å². The van der Waals surface area contributed by atoms with Crippen molar-refractivity contribution in [1.82, 2.24) is 4.90 Å². The van der Waals surface area contributed by atoms with E-state index < -0.39 is 0 Å². The van der Waals surface area contributed by atoms with Crippen LogP contribution < -0.4 is 16.2 Å². The standard InChI is InChI=1S/C14H22ClN5O/c1-9(2)5-6-21-12-4-3-10(7-11(12)15)8-20(13(16)17)14(18)19/h3-4,7,9H,5-6,8H2,1-2H3,(H3,16,17)(H3,18,19). The molecule has 0 saturated heterocycles. The Hall–Kier alpha value is -1.95. The molecule has 0 aliphatic carbocycles. The van der Waals surface area contributed by atoms with Gasteiger partial charge >= 0.3 is 0 Å². The zero-order chi connectivity index (χ0) is 16.0. The lowest BCUT2D eigenvalue weighted by atomic mass is 10.1. The van der Waals surface area contributed by atoms with Crippen LogP contribution in [-0.2, 0) is 6.54 Å². The first-order valence-electron chi connectivity index (χ1n) is 6.68. The van der Waals surface area contributed by atoms with Gasteiger partial charge in [0, 0.05) is 0 Å². The fourth-order valence-corrected chi connectivity index (χ4v) is 1.90. The van der Waals surface area contributed by atoms with E-state index in [2.05, 4.69) is 13.8 Å². The molecule has 21 heavy (non-hydrogen) atoms. The summed E-state index contributed by atoms with van der Waals surface area (Å²) < 4.78 is 5.62. The molecule has 0 amide bonds. The number of guanidine groups is 2. The van der Waals surface area contributed by atoms with Gasteiger partial charge in [0.05, 0.1) is 18.2 Å². The summed E-state index contributed by atoms with van der Waals surface area (Å²) in [6.45, 7) is 5.10. The molecule has 1 aromatic carbocycles. The van der Waals surface area contributed by atoms with Crippen LogP contribution in [0.25, 0.3) is 0 Å². The molecule has 0 heterocycles. The summed E-state index contributed by atoms with van der Waals surface area (Å²) in [6, 6.07) is 5.32. The van der Waals surface area contributed by atoms with Crippen LogP contribution in [0.4, 0.5) is 0 Å². The van der Waals surface area contributed by atoms with Crippen molar-refractivity contribution in [3.8, 4) is 5.75 Å². The summed E-state index contributed by atoms with van der Waals surface area (Å²) in [5.41, 5.74) is 11.5. The number of ether oxygens (including phenoxy) is 1. The van der Waals surface area contributed by atoms with Gasteiger partial charge in [-0.25, -0.2) is 0 Å². The molecule has 1 aromatic rings. The molecule has 6 nitrogen and oxygen atoms in total. The molecule has 0 radical (unpaired) electrons. The van der Waals surface area contributed by atoms with Crippen LogP contribution >= 0.6 is 11.6 Å². The maximum absolute atomic E-state index is 7.38. The first-order chi connectivity index (χ1) is 9.81. The van der Waals surface area contributed by atoms with Crippen molar-refractivity contribution >= 4 is 23.5 Å². The zero-order valence-corrected chi connectivity index (χ0v) is 13.1. The highest BCUT2D eigenvalue weighted by Gasteiger charge is 2.12. The molecule has 0 fully saturated rings. The SMILES string of the molecule is CC(C)CCOc1ccc(CN(C(=N)N)C(=N)N)cc1Cl. The molecule has 116 valence electrons. The van der Waals surface area contributed by atoms with Crippen LogP contribution in [0, 0.1) is 16.7 Å². The fraction of sp³-hybridized carbons (Fsp3) is 0.429. The third-order valence-corrected chi connectivity index (χ3v) is 3.17. The Balaban J connectivity index is 2.73. The topological polar surface area (TPSA) is 112 Å². The summed E-state index contributed by atoms with van der Waals surface area (Å²) in [4.78, 5) is 1.17. The number of nitrogens with one attached hydrogen (secondary N) is 2. The second-order valence-electron chi connectivity index (χ2n) is 5.15. The highest BCUT2D eigenvalue weighted by molar-refractivity contribution is 6.32. The first kappa shape index (κ1) is 17.1. The Bertz CT molecular complexity index is 504. The number of nitrogens with zero attached hydrogens (tertiary/aromatic N) is 1. The third-order valence-electron chi connectivity index (χ3n) is 2.87. The van der Waals surface area contributed by atoms with Crippen molar-refractivity contribution in [2.45, 2.75) is 26.8 Å². The minimum absolute atomic E-state index is 0.219. The number of halogens is 1. The minimum atomic E-state index is -0.282. The van der Waals surface area contributed by atoms with E-state index in [4.69, 9.17) is 38.6 Å². The zero-order valence-electron chi connectivity index (χ0n) is 12.3. The lowest BCUT2D eigenvalue weighted by Gasteiger charge is -2.20. The molecular weight excluding hydrogens is 290 g/mol. The monoisotopic (exact) mass is 311 g/mol. The van der Waals surface area contributed by atoms with E-state index in [0.717, 1.165) is 12.0 Å². The van der Waals surface area contributed by atoms with Crippen molar-refractivity contribution in [3.63, 3.8) is 0 Å². The summed E-state index contributed by atoms with van der Waals surface area (Å²) >= 11 is 6.17. The Morgan fingerprint density at radius 1 is 1.29 bits per heavy atom. The third kappa shape index (κ3) is 5.51. The molecule has 6 N–H and O–H groups in total. The number of benzene rings is 1. The number of nitrogens with two attached hydrogens (primary N) is 2. The average molecular weight is 312 g/mol. The van der Waals surface area contributed by atoms with Crippen LogP contribution in [0.2, 0.25) is 5.02 Å². The largest absolute Gasteiger partial charge is 0.492 e. The molecule has 0 atom stereocenters. The molecule has 0 aromatic heterocycles. The molecule has 0 spiro atoms. The predicted octanol–water partition coefficient (Wildman–Crippen LogP) is 2.35. The number of rotatable bonds is 6. The van der Waals surface area contributed by atoms with Crippen LogP contribution in [0.15, 0.2) is 18.2 Å². The second kappa shape index (κ2) is 7.73. The van der Waals surface area contributed by atoms with Gasteiger partial charge in [-0.15, -0.1) is 0 Å². The van der Waals surface area contributed by atoms with Crippen molar-refractivity contribution in [1.29, 1.82) is 10.8 Å². The summed E-state index contributed by atoms with van der Waals surface area (Å²) in [5, 5.41) is 15.3. The Morgan fingerprint density at radius 3 is 2.38 bits per heavy atom. The van der Waals surface area contributed by atoms with Crippen molar-refractivity contribution < 1.29 is 4.74 Å². The number of hydrogen-bond acceptors (Lipinski definition) is 3. The lowest BCUT2D eigenvalue weighted by molar-refractivity contribution is 0.289. The van der Waals surface area contributed by atoms with E-state index in [1.807, 2.05) is 6.07 Å². The van der Waals surface area contributed by atoms with Crippen LogP contribution in [0.5, 0.6) is 5.75 Å². The van der Waals surface area contributed by atoms with E-state index in [1.54, 1.807) is 12.1 Å². The average Bonchev–Trinajstić information content (AvgIpc) is 2.37. The lowest BCUT2D eigenvalue weighted by Crippen LogP contribution is -2.44. The van der Waals surface area contributed by atoms with Gasteiger partial charge in [0.1, 0.15) is 5.75 Å². The normalized spacial score (nSPS) is 10.5. The molecule has 0 aliphatic rings. The van der Waals surface area contributed by atoms with Crippen molar-refractivity contribution in [3.05, 3.63) is 28.8 Å². The van der Waals surface area contributed by atoms with E-state index in [1.165, 1.54) is 4.90 Å². The van der Waals surface area contributed by atoms with E-state index in [9.17, 15) is 0 Å². The second-order valence-corrected chi connectivity index (χ2v) is 5.56. The molecule has 0 aliphatic heterocycles. The summed E-state index contributed by atoms with van der Waals surface area (Å²) in [6.07, 6.45) is 0.959. The van der Waals surface area contributed by atoms with Gasteiger partial charge < -0.3 is 16.2 Å². The predicted molar refractivity (Wildman–Crippen MR) is 85.8 cm³/mol. The summed E-state index contributed by atoms with van der Waals surface area (Å²) in [7, 11) is 0. The molecule has 0 saturated carbocycles. The van der Waals surface area contributed by atoms with E-state index >= 15 is 0 Å². The Kier molecular flexibility index (Phi) is 6.30. The molecule has 7 heteroatoms. The molecular formula is C14H22ClN5O. The molecule has 0 bridgehead atoms. The molecule has 0 unspecified atom stereocenters. The fourth-order valence-electron chi connectivity index (χ4n) is 1.65. The highest BCUT2D eigenvalue weighted by atomic mass is 35.5. The van der Waals surface area contributed by atoms with Gasteiger partial charge in [0.2, 0.25) is 0 Å². The maximum Gasteiger partial charge on any atom is 0.195 e. The first-order valence-corrected chi connectivity index (χ1v) is 7.06. The Labute approximate surface area is 130 Å². The van der Waals surface area contributed by atoms with Crippen LogP contribution in [0.3, 0.4) is 0 Å². The highest BCUT2D eigenvalue weighted by Crippen LogP contribution is 2.26. The van der Waals surface area contributed by atoms with Gasteiger partial charge in [-0.3, -0.25) is 15.7 Å². The maximum atomic E-state index is 7.38. The van der Waals surface area contributed by atoms with Crippen LogP contribution in [-0.4, -0.2) is 23.4 Å². The molecule has 1 rings (SSSR count). The Morgan fingerprint density at radius 2 is 1.90 bits per heavy atom. The van der Waals surface area contributed by atoms with Crippen molar-refractivity contribution in [2.24, 2.45) is 17.4 Å². The van der Waals surface area contributed by atoms with Gasteiger partial charge in [-0.1, -0.05) is 31.5 Å². The van der Waals surface area contributed by atoms with Crippen molar-refractivity contribution in [2.75, 3.05) is 6.61 Å². The number of hydrogen-bond donors (Lipinski definition) is 4. The van der Waals surface area contributed by atoms with E-state index in [-0.39, 0.29) is 18.5 Å². The summed E-state index contributed by atoms with van der Waals surface area (Å²) in [5.74, 6) is 0.632. The minimum Gasteiger partial charge on any atom is -0.492 e. The van der Waals surface area contributed by atoms with Gasteiger partial charge in [-0.2, -0.15) is 0 Å². The van der Waals surface area contributed by atoms with Gasteiger partial charge in [0.25, 0.3) is 0 Å². The van der Waals surface area contributed by atoms with E-state index in [0.29, 0.717) is 23.3 Å². The quantitative estimate of drug-likeness (QED) is 0.477. The van der Waals surface area contributed by atoms with Crippen LogP contribution in [0.1, 0.15) is 25.8 Å².